The van der Waals surface area contributed by atoms with E-state index in [1.165, 1.54) is 15.6 Å². The summed E-state index contributed by atoms with van der Waals surface area (Å²) in [6.45, 7) is 0. The molecule has 2 nitrogen and oxygen atoms in total. The Morgan fingerprint density at radius 2 is 2.10 bits per heavy atom. The molecule has 1 N–H and O–H groups in total. The second-order valence-electron chi connectivity index (χ2n) is 4.43. The van der Waals surface area contributed by atoms with E-state index in [-0.39, 0.29) is 6.04 Å². The molecule has 3 aromatic rings. The van der Waals surface area contributed by atoms with Gasteiger partial charge in [-0.1, -0.05) is 18.2 Å². The summed E-state index contributed by atoms with van der Waals surface area (Å²) >= 11 is 8.83. The van der Waals surface area contributed by atoms with Crippen molar-refractivity contribution in [1.82, 2.24) is 10.3 Å². The van der Waals surface area contributed by atoms with Crippen LogP contribution in [0.5, 0.6) is 0 Å². The molecular formula is C15H12Br2N2S. The highest BCUT2D eigenvalue weighted by Gasteiger charge is 2.19. The summed E-state index contributed by atoms with van der Waals surface area (Å²) in [5, 5.41) is 6.78. The summed E-state index contributed by atoms with van der Waals surface area (Å²) < 4.78 is 3.28. The predicted octanol–water partition coefficient (Wildman–Crippen LogP) is 5.13. The lowest BCUT2D eigenvalue weighted by molar-refractivity contribution is 0.672. The van der Waals surface area contributed by atoms with Gasteiger partial charge < -0.3 is 5.32 Å². The molecule has 1 aromatic carbocycles. The van der Waals surface area contributed by atoms with Crippen molar-refractivity contribution in [3.05, 3.63) is 62.1 Å². The van der Waals surface area contributed by atoms with Crippen LogP contribution in [0.3, 0.4) is 0 Å². The lowest BCUT2D eigenvalue weighted by Crippen LogP contribution is -2.19. The molecule has 0 fully saturated rings. The summed E-state index contributed by atoms with van der Waals surface area (Å²) in [5.41, 5.74) is 2.26. The first-order chi connectivity index (χ1) is 9.70. The molecule has 0 saturated heterocycles. The normalized spacial score (nSPS) is 12.8. The maximum absolute atomic E-state index is 4.56. The molecule has 5 heteroatoms. The summed E-state index contributed by atoms with van der Waals surface area (Å²) in [6.07, 6.45) is 1.83. The fourth-order valence-corrected chi connectivity index (χ4v) is 4.48. The van der Waals surface area contributed by atoms with Crippen molar-refractivity contribution in [2.75, 3.05) is 7.05 Å². The molecule has 0 spiro atoms. The fourth-order valence-electron chi connectivity index (χ4n) is 2.32. The summed E-state index contributed by atoms with van der Waals surface area (Å²) in [7, 11) is 1.97. The summed E-state index contributed by atoms with van der Waals surface area (Å²) in [6, 6.07) is 10.7. The Labute approximate surface area is 138 Å². The molecule has 0 aliphatic heterocycles. The first-order valence-corrected chi connectivity index (χ1v) is 8.61. The lowest BCUT2D eigenvalue weighted by atomic mass is 10.0. The molecule has 0 amide bonds. The number of nitrogens with zero attached hydrogens (tertiary/aromatic N) is 1. The SMILES string of the molecule is CNC(c1ncc(Br)cc1Br)c1cccc2ccsc12. The minimum atomic E-state index is 0.0693. The number of rotatable bonds is 3. The zero-order chi connectivity index (χ0) is 14.1. The minimum Gasteiger partial charge on any atom is -0.308 e. The Hall–Kier alpha value is -0.750. The van der Waals surface area contributed by atoms with Crippen LogP contribution in [0, 0.1) is 0 Å². The maximum Gasteiger partial charge on any atom is 0.0774 e. The van der Waals surface area contributed by atoms with Gasteiger partial charge in [0, 0.05) is 19.8 Å². The van der Waals surface area contributed by atoms with Crippen LogP contribution in [0.25, 0.3) is 10.1 Å². The minimum absolute atomic E-state index is 0.0693. The molecule has 102 valence electrons. The number of thiophene rings is 1. The van der Waals surface area contributed by atoms with Gasteiger partial charge in [-0.25, -0.2) is 0 Å². The molecule has 2 heterocycles. The van der Waals surface area contributed by atoms with Crippen molar-refractivity contribution in [2.24, 2.45) is 0 Å². The smallest absolute Gasteiger partial charge is 0.0774 e. The molecule has 0 bridgehead atoms. The zero-order valence-corrected chi connectivity index (χ0v) is 14.7. The highest BCUT2D eigenvalue weighted by molar-refractivity contribution is 9.11. The van der Waals surface area contributed by atoms with Crippen LogP contribution in [-0.2, 0) is 0 Å². The lowest BCUT2D eigenvalue weighted by Gasteiger charge is -2.18. The van der Waals surface area contributed by atoms with E-state index in [0.717, 1.165) is 14.6 Å². The Morgan fingerprint density at radius 3 is 2.85 bits per heavy atom. The van der Waals surface area contributed by atoms with Gasteiger partial charge in [0.05, 0.1) is 11.7 Å². The number of hydrogen-bond donors (Lipinski definition) is 1. The molecule has 0 radical (unpaired) electrons. The molecular weight excluding hydrogens is 400 g/mol. The molecule has 0 aliphatic rings. The highest BCUT2D eigenvalue weighted by Crippen LogP contribution is 2.34. The number of pyridine rings is 1. The standard InChI is InChI=1S/C15H12Br2N2S/c1-18-13(14-12(17)7-10(16)8-19-14)11-4-2-3-9-5-6-20-15(9)11/h2-8,13,18H,1H3. The van der Waals surface area contributed by atoms with Crippen LogP contribution in [-0.4, -0.2) is 12.0 Å². The van der Waals surface area contributed by atoms with Gasteiger partial charge in [-0.15, -0.1) is 11.3 Å². The molecule has 1 unspecified atom stereocenters. The number of benzene rings is 1. The predicted molar refractivity (Wildman–Crippen MR) is 92.4 cm³/mol. The summed E-state index contributed by atoms with van der Waals surface area (Å²) in [5.74, 6) is 0. The Balaban J connectivity index is 2.16. The Kier molecular flexibility index (Phi) is 4.21. The van der Waals surface area contributed by atoms with E-state index < -0.39 is 0 Å². The van der Waals surface area contributed by atoms with Gasteiger partial charge in [0.25, 0.3) is 0 Å². The monoisotopic (exact) mass is 410 g/mol. The molecule has 0 saturated carbocycles. The average molecular weight is 412 g/mol. The van der Waals surface area contributed by atoms with Gasteiger partial charge in [0.2, 0.25) is 0 Å². The van der Waals surface area contributed by atoms with Crippen LogP contribution in [0.4, 0.5) is 0 Å². The van der Waals surface area contributed by atoms with Crippen LogP contribution in [0.1, 0.15) is 17.3 Å². The van der Waals surface area contributed by atoms with E-state index in [1.807, 2.05) is 19.3 Å². The van der Waals surface area contributed by atoms with Crippen molar-refractivity contribution in [1.29, 1.82) is 0 Å². The van der Waals surface area contributed by atoms with Crippen molar-refractivity contribution in [2.45, 2.75) is 6.04 Å². The topological polar surface area (TPSA) is 24.9 Å². The number of hydrogen-bond acceptors (Lipinski definition) is 3. The van der Waals surface area contributed by atoms with Crippen molar-refractivity contribution < 1.29 is 0 Å². The third-order valence-corrected chi connectivity index (χ3v) is 5.27. The van der Waals surface area contributed by atoms with E-state index >= 15 is 0 Å². The van der Waals surface area contributed by atoms with E-state index in [2.05, 4.69) is 71.8 Å². The largest absolute Gasteiger partial charge is 0.308 e. The van der Waals surface area contributed by atoms with Crippen molar-refractivity contribution in [3.8, 4) is 0 Å². The highest BCUT2D eigenvalue weighted by atomic mass is 79.9. The van der Waals surface area contributed by atoms with E-state index in [0.29, 0.717) is 0 Å². The second kappa shape index (κ2) is 5.93. The molecule has 1 atom stereocenters. The van der Waals surface area contributed by atoms with Crippen molar-refractivity contribution >= 4 is 53.3 Å². The molecule has 2 aromatic heterocycles. The van der Waals surface area contributed by atoms with Crippen molar-refractivity contribution in [3.63, 3.8) is 0 Å². The number of halogens is 2. The Morgan fingerprint density at radius 1 is 1.25 bits per heavy atom. The Bertz CT molecular complexity index is 754. The van der Waals surface area contributed by atoms with E-state index in [9.17, 15) is 0 Å². The number of aromatic nitrogens is 1. The fraction of sp³-hybridized carbons (Fsp3) is 0.133. The van der Waals surface area contributed by atoms with Gasteiger partial charge in [0.15, 0.2) is 0 Å². The average Bonchev–Trinajstić information content (AvgIpc) is 2.91. The number of fused-ring (bicyclic) bond motifs is 1. The van der Waals surface area contributed by atoms with E-state index in [1.54, 1.807) is 11.3 Å². The van der Waals surface area contributed by atoms with Crippen LogP contribution in [0.2, 0.25) is 0 Å². The van der Waals surface area contributed by atoms with Crippen LogP contribution in [0.15, 0.2) is 50.9 Å². The van der Waals surface area contributed by atoms with E-state index in [4.69, 9.17) is 0 Å². The first kappa shape index (κ1) is 14.2. The van der Waals surface area contributed by atoms with Gasteiger partial charge in [-0.05, 0) is 67.4 Å². The summed E-state index contributed by atoms with van der Waals surface area (Å²) in [4.78, 5) is 4.56. The van der Waals surface area contributed by atoms with Gasteiger partial charge in [-0.2, -0.15) is 0 Å². The third kappa shape index (κ3) is 2.55. The molecule has 3 rings (SSSR count). The van der Waals surface area contributed by atoms with Gasteiger partial charge in [0.1, 0.15) is 0 Å². The van der Waals surface area contributed by atoms with Gasteiger partial charge >= 0.3 is 0 Å². The van der Waals surface area contributed by atoms with Gasteiger partial charge in [-0.3, -0.25) is 4.98 Å². The van der Waals surface area contributed by atoms with Crippen LogP contribution < -0.4 is 5.32 Å². The zero-order valence-electron chi connectivity index (χ0n) is 10.7. The quantitative estimate of drug-likeness (QED) is 0.646. The third-order valence-electron chi connectivity index (χ3n) is 3.22. The number of nitrogens with one attached hydrogen (secondary N) is 1. The molecule has 20 heavy (non-hydrogen) atoms. The van der Waals surface area contributed by atoms with Crippen LogP contribution >= 0.6 is 43.2 Å². The molecule has 0 aliphatic carbocycles. The first-order valence-electron chi connectivity index (χ1n) is 6.15. The maximum atomic E-state index is 4.56. The second-order valence-corrected chi connectivity index (χ2v) is 7.11.